The lowest BCUT2D eigenvalue weighted by atomic mass is 9.93. The van der Waals surface area contributed by atoms with Crippen LogP contribution in [0.2, 0.25) is 0 Å². The summed E-state index contributed by atoms with van der Waals surface area (Å²) in [5, 5.41) is 8.72. The van der Waals surface area contributed by atoms with Crippen molar-refractivity contribution in [2.75, 3.05) is 13.1 Å². The molecule has 1 saturated heterocycles. The summed E-state index contributed by atoms with van der Waals surface area (Å²) in [5.74, 6) is -0.129. The van der Waals surface area contributed by atoms with E-state index in [9.17, 15) is 9.59 Å². The Morgan fingerprint density at radius 1 is 1.33 bits per heavy atom. The van der Waals surface area contributed by atoms with Gasteiger partial charge in [0.2, 0.25) is 5.91 Å². The van der Waals surface area contributed by atoms with E-state index in [1.165, 1.54) is 0 Å². The third kappa shape index (κ3) is 4.64. The lowest BCUT2D eigenvalue weighted by Crippen LogP contribution is -2.42. The highest BCUT2D eigenvalue weighted by Crippen LogP contribution is 2.21. The first-order valence-electron chi connectivity index (χ1n) is 6.65. The normalized spacial score (nSPS) is 19.0. The maximum absolute atomic E-state index is 12.0. The molecule has 3 N–H and O–H groups in total. The van der Waals surface area contributed by atoms with Gasteiger partial charge in [0, 0.05) is 32.0 Å². The number of nitrogens with two attached hydrogens (primary N) is 1. The molecule has 0 radical (unpaired) electrons. The molecule has 5 nitrogen and oxygen atoms in total. The van der Waals surface area contributed by atoms with Crippen molar-refractivity contribution in [3.63, 3.8) is 0 Å². The molecule has 1 unspecified atom stereocenters. The number of carbonyl (C=O) groups is 2. The SMILES string of the molecule is CC(C)C(N)CC(=O)N1CCC(CC(=O)O)CC1. The summed E-state index contributed by atoms with van der Waals surface area (Å²) < 4.78 is 0. The zero-order chi connectivity index (χ0) is 13.7. The van der Waals surface area contributed by atoms with Gasteiger partial charge in [-0.3, -0.25) is 9.59 Å². The molecule has 0 aromatic heterocycles. The van der Waals surface area contributed by atoms with Crippen molar-refractivity contribution < 1.29 is 14.7 Å². The molecule has 1 heterocycles. The second-order valence-electron chi connectivity index (χ2n) is 5.53. The molecule has 1 aliphatic heterocycles. The molecule has 18 heavy (non-hydrogen) atoms. The number of carboxylic acid groups (broad SMARTS) is 1. The van der Waals surface area contributed by atoms with Crippen LogP contribution in [-0.4, -0.2) is 41.0 Å². The maximum atomic E-state index is 12.0. The fourth-order valence-electron chi connectivity index (χ4n) is 2.20. The van der Waals surface area contributed by atoms with Crippen molar-refractivity contribution >= 4 is 11.9 Å². The fourth-order valence-corrected chi connectivity index (χ4v) is 2.20. The molecule has 0 bridgehead atoms. The Hall–Kier alpha value is -1.10. The zero-order valence-corrected chi connectivity index (χ0v) is 11.3. The van der Waals surface area contributed by atoms with Crippen molar-refractivity contribution in [1.29, 1.82) is 0 Å². The van der Waals surface area contributed by atoms with Gasteiger partial charge in [-0.1, -0.05) is 13.8 Å². The number of carboxylic acids is 1. The third-order valence-electron chi connectivity index (χ3n) is 3.70. The maximum Gasteiger partial charge on any atom is 0.303 e. The Balaban J connectivity index is 2.34. The number of likely N-dealkylation sites (tertiary alicyclic amines) is 1. The smallest absolute Gasteiger partial charge is 0.303 e. The number of aliphatic carboxylic acids is 1. The lowest BCUT2D eigenvalue weighted by molar-refractivity contribution is -0.138. The standard InChI is InChI=1S/C13H24N2O3/c1-9(2)11(14)8-12(16)15-5-3-10(4-6-15)7-13(17)18/h9-11H,3-8,14H2,1-2H3,(H,17,18). The molecule has 0 saturated carbocycles. The van der Waals surface area contributed by atoms with Crippen LogP contribution in [0.5, 0.6) is 0 Å². The minimum atomic E-state index is -0.749. The van der Waals surface area contributed by atoms with Crippen molar-refractivity contribution in [2.45, 2.75) is 45.6 Å². The summed E-state index contributed by atoms with van der Waals surface area (Å²) in [6, 6.07) is -0.0887. The van der Waals surface area contributed by atoms with Gasteiger partial charge in [0.05, 0.1) is 0 Å². The molecule has 0 aliphatic carbocycles. The van der Waals surface area contributed by atoms with Crippen LogP contribution < -0.4 is 5.73 Å². The molecule has 0 aromatic carbocycles. The summed E-state index contributed by atoms with van der Waals surface area (Å²) in [7, 11) is 0. The van der Waals surface area contributed by atoms with Gasteiger partial charge in [-0.2, -0.15) is 0 Å². The number of nitrogens with zero attached hydrogens (tertiary/aromatic N) is 1. The van der Waals surface area contributed by atoms with E-state index >= 15 is 0 Å². The van der Waals surface area contributed by atoms with Crippen molar-refractivity contribution in [3.8, 4) is 0 Å². The molecule has 1 rings (SSSR count). The van der Waals surface area contributed by atoms with Crippen LogP contribution in [0.1, 0.15) is 39.5 Å². The molecular weight excluding hydrogens is 232 g/mol. The molecule has 0 aromatic rings. The Kier molecular flexibility index (Phi) is 5.59. The fraction of sp³-hybridized carbons (Fsp3) is 0.846. The van der Waals surface area contributed by atoms with Crippen LogP contribution in [-0.2, 0) is 9.59 Å². The molecule has 1 aliphatic rings. The number of rotatable bonds is 5. The van der Waals surface area contributed by atoms with Crippen LogP contribution in [0, 0.1) is 11.8 Å². The van der Waals surface area contributed by atoms with Crippen molar-refractivity contribution in [2.24, 2.45) is 17.6 Å². The van der Waals surface area contributed by atoms with Crippen LogP contribution in [0.15, 0.2) is 0 Å². The van der Waals surface area contributed by atoms with Crippen LogP contribution in [0.4, 0.5) is 0 Å². The van der Waals surface area contributed by atoms with Crippen molar-refractivity contribution in [3.05, 3.63) is 0 Å². The minimum Gasteiger partial charge on any atom is -0.481 e. The average molecular weight is 256 g/mol. The lowest BCUT2D eigenvalue weighted by Gasteiger charge is -2.32. The number of amides is 1. The topological polar surface area (TPSA) is 83.6 Å². The van der Waals surface area contributed by atoms with E-state index in [2.05, 4.69) is 0 Å². The first-order valence-corrected chi connectivity index (χ1v) is 6.65. The number of hydrogen-bond acceptors (Lipinski definition) is 3. The average Bonchev–Trinajstić information content (AvgIpc) is 2.28. The van der Waals surface area contributed by atoms with E-state index < -0.39 is 5.97 Å². The zero-order valence-electron chi connectivity index (χ0n) is 11.3. The van der Waals surface area contributed by atoms with Gasteiger partial charge in [-0.25, -0.2) is 0 Å². The number of carbonyl (C=O) groups excluding carboxylic acids is 1. The van der Waals surface area contributed by atoms with Gasteiger partial charge >= 0.3 is 5.97 Å². The Bertz CT molecular complexity index is 297. The van der Waals surface area contributed by atoms with E-state index in [-0.39, 0.29) is 24.3 Å². The van der Waals surface area contributed by atoms with Crippen LogP contribution in [0.3, 0.4) is 0 Å². The third-order valence-corrected chi connectivity index (χ3v) is 3.70. The molecule has 0 spiro atoms. The minimum absolute atomic E-state index is 0.0887. The van der Waals surface area contributed by atoms with Gasteiger partial charge in [-0.05, 0) is 24.7 Å². The Morgan fingerprint density at radius 3 is 2.33 bits per heavy atom. The number of piperidine rings is 1. The molecule has 1 amide bonds. The van der Waals surface area contributed by atoms with E-state index in [1.54, 1.807) is 0 Å². The molecule has 5 heteroatoms. The summed E-state index contributed by atoms with van der Waals surface area (Å²) in [6.45, 7) is 5.36. The quantitative estimate of drug-likeness (QED) is 0.770. The summed E-state index contributed by atoms with van der Waals surface area (Å²) in [4.78, 5) is 24.4. The van der Waals surface area contributed by atoms with Gasteiger partial charge in [0.25, 0.3) is 0 Å². The molecule has 104 valence electrons. The van der Waals surface area contributed by atoms with E-state index in [0.29, 0.717) is 25.4 Å². The van der Waals surface area contributed by atoms with Gasteiger partial charge in [-0.15, -0.1) is 0 Å². The van der Waals surface area contributed by atoms with Gasteiger partial charge in [0.15, 0.2) is 0 Å². The second kappa shape index (κ2) is 6.73. The predicted octanol–water partition coefficient (Wildman–Crippen LogP) is 1.07. The first-order chi connectivity index (χ1) is 8.40. The highest BCUT2D eigenvalue weighted by molar-refractivity contribution is 5.77. The summed E-state index contributed by atoms with van der Waals surface area (Å²) >= 11 is 0. The highest BCUT2D eigenvalue weighted by Gasteiger charge is 2.25. The molecular formula is C13H24N2O3. The highest BCUT2D eigenvalue weighted by atomic mass is 16.4. The van der Waals surface area contributed by atoms with E-state index in [1.807, 2.05) is 18.7 Å². The molecule has 1 atom stereocenters. The summed E-state index contributed by atoms with van der Waals surface area (Å²) in [6.07, 6.45) is 2.18. The van der Waals surface area contributed by atoms with Crippen LogP contribution >= 0.6 is 0 Å². The largest absolute Gasteiger partial charge is 0.481 e. The predicted molar refractivity (Wildman–Crippen MR) is 69.0 cm³/mol. The Labute approximate surface area is 108 Å². The van der Waals surface area contributed by atoms with Gasteiger partial charge < -0.3 is 15.7 Å². The van der Waals surface area contributed by atoms with Crippen LogP contribution in [0.25, 0.3) is 0 Å². The van der Waals surface area contributed by atoms with Crippen molar-refractivity contribution in [1.82, 2.24) is 4.90 Å². The Morgan fingerprint density at radius 2 is 1.89 bits per heavy atom. The second-order valence-corrected chi connectivity index (χ2v) is 5.53. The van der Waals surface area contributed by atoms with Gasteiger partial charge in [0.1, 0.15) is 0 Å². The summed E-state index contributed by atoms with van der Waals surface area (Å²) in [5.41, 5.74) is 5.89. The molecule has 1 fully saturated rings. The van der Waals surface area contributed by atoms with E-state index in [4.69, 9.17) is 10.8 Å². The number of hydrogen-bond donors (Lipinski definition) is 2. The first kappa shape index (κ1) is 15.0. The monoisotopic (exact) mass is 256 g/mol. The van der Waals surface area contributed by atoms with E-state index in [0.717, 1.165) is 12.8 Å².